The SMILES string of the molecule is N#CCCCCOc1c(F)cc(C=O)cc1F. The van der Waals surface area contributed by atoms with E-state index < -0.39 is 17.4 Å². The molecule has 0 heterocycles. The summed E-state index contributed by atoms with van der Waals surface area (Å²) in [5.74, 6) is -2.27. The summed E-state index contributed by atoms with van der Waals surface area (Å²) in [5.41, 5.74) is -0.0724. The number of halogens is 2. The highest BCUT2D eigenvalue weighted by Gasteiger charge is 2.12. The van der Waals surface area contributed by atoms with Gasteiger partial charge in [-0.25, -0.2) is 8.78 Å². The van der Waals surface area contributed by atoms with Gasteiger partial charge in [-0.3, -0.25) is 4.79 Å². The molecule has 0 spiro atoms. The van der Waals surface area contributed by atoms with Crippen LogP contribution in [0.3, 0.4) is 0 Å². The van der Waals surface area contributed by atoms with Gasteiger partial charge in [-0.1, -0.05) is 0 Å². The number of nitrogens with zero attached hydrogens (tertiary/aromatic N) is 1. The van der Waals surface area contributed by atoms with Gasteiger partial charge in [0.25, 0.3) is 0 Å². The van der Waals surface area contributed by atoms with E-state index in [0.29, 0.717) is 25.5 Å². The summed E-state index contributed by atoms with van der Waals surface area (Å²) >= 11 is 0. The molecule has 5 heteroatoms. The molecule has 0 aliphatic heterocycles. The van der Waals surface area contributed by atoms with E-state index in [1.165, 1.54) is 0 Å². The Bertz CT molecular complexity index is 418. The molecule has 0 fully saturated rings. The minimum Gasteiger partial charge on any atom is -0.488 e. The first-order valence-electron chi connectivity index (χ1n) is 5.13. The molecule has 0 atom stereocenters. The zero-order valence-electron chi connectivity index (χ0n) is 9.08. The van der Waals surface area contributed by atoms with E-state index in [0.717, 1.165) is 12.1 Å². The molecule has 0 unspecified atom stereocenters. The normalized spacial score (nSPS) is 9.71. The first-order valence-corrected chi connectivity index (χ1v) is 5.13. The maximum atomic E-state index is 13.3. The highest BCUT2D eigenvalue weighted by molar-refractivity contribution is 5.75. The smallest absolute Gasteiger partial charge is 0.190 e. The second-order valence-electron chi connectivity index (χ2n) is 3.40. The molecule has 0 bridgehead atoms. The molecule has 0 radical (unpaired) electrons. The van der Waals surface area contributed by atoms with Gasteiger partial charge in [0.15, 0.2) is 17.4 Å². The summed E-state index contributed by atoms with van der Waals surface area (Å²) in [7, 11) is 0. The van der Waals surface area contributed by atoms with E-state index in [9.17, 15) is 13.6 Å². The zero-order chi connectivity index (χ0) is 12.7. The van der Waals surface area contributed by atoms with E-state index in [1.807, 2.05) is 6.07 Å². The first kappa shape index (κ1) is 13.1. The number of hydrogen-bond acceptors (Lipinski definition) is 3. The number of benzene rings is 1. The van der Waals surface area contributed by atoms with Gasteiger partial charge in [0, 0.05) is 12.0 Å². The van der Waals surface area contributed by atoms with Crippen molar-refractivity contribution < 1.29 is 18.3 Å². The molecule has 0 aromatic heterocycles. The van der Waals surface area contributed by atoms with Crippen LogP contribution in [0.25, 0.3) is 0 Å². The Balaban J connectivity index is 2.59. The molecule has 3 nitrogen and oxygen atoms in total. The van der Waals surface area contributed by atoms with Crippen molar-refractivity contribution in [1.29, 1.82) is 5.26 Å². The van der Waals surface area contributed by atoms with E-state index in [4.69, 9.17) is 10.00 Å². The summed E-state index contributed by atoms with van der Waals surface area (Å²) in [6.45, 7) is 0.135. The Morgan fingerprint density at radius 2 is 1.94 bits per heavy atom. The number of nitriles is 1. The van der Waals surface area contributed by atoms with E-state index in [1.54, 1.807) is 0 Å². The molecule has 1 aromatic carbocycles. The van der Waals surface area contributed by atoms with Crippen LogP contribution in [0, 0.1) is 23.0 Å². The number of carbonyl (C=O) groups excluding carboxylic acids is 1. The Hall–Kier alpha value is -1.96. The van der Waals surface area contributed by atoms with Crippen molar-refractivity contribution in [2.75, 3.05) is 6.61 Å². The molecular formula is C12H11F2NO2. The van der Waals surface area contributed by atoms with Crippen LogP contribution in [0.4, 0.5) is 8.78 Å². The minimum atomic E-state index is -0.896. The van der Waals surface area contributed by atoms with Gasteiger partial charge in [0.05, 0.1) is 12.7 Å². The Morgan fingerprint density at radius 3 is 2.47 bits per heavy atom. The highest BCUT2D eigenvalue weighted by atomic mass is 19.1. The highest BCUT2D eigenvalue weighted by Crippen LogP contribution is 2.23. The van der Waals surface area contributed by atoms with E-state index in [-0.39, 0.29) is 12.2 Å². The maximum Gasteiger partial charge on any atom is 0.190 e. The monoisotopic (exact) mass is 239 g/mol. The lowest BCUT2D eigenvalue weighted by Gasteiger charge is -2.08. The van der Waals surface area contributed by atoms with Crippen molar-refractivity contribution in [1.82, 2.24) is 0 Å². The number of aldehydes is 1. The molecule has 0 N–H and O–H groups in total. The molecular weight excluding hydrogens is 228 g/mol. The molecule has 0 saturated heterocycles. The van der Waals surface area contributed by atoms with Crippen molar-refractivity contribution in [2.45, 2.75) is 19.3 Å². The van der Waals surface area contributed by atoms with Gasteiger partial charge < -0.3 is 4.74 Å². The van der Waals surface area contributed by atoms with E-state index in [2.05, 4.69) is 0 Å². The molecule has 0 aliphatic carbocycles. The van der Waals surface area contributed by atoms with Crippen molar-refractivity contribution in [2.24, 2.45) is 0 Å². The summed E-state index contributed by atoms with van der Waals surface area (Å²) in [5, 5.41) is 8.28. The third-order valence-corrected chi connectivity index (χ3v) is 2.09. The average Bonchev–Trinajstić information content (AvgIpc) is 2.31. The maximum absolute atomic E-state index is 13.3. The number of unbranched alkanes of at least 4 members (excludes halogenated alkanes) is 2. The first-order chi connectivity index (χ1) is 8.19. The van der Waals surface area contributed by atoms with Crippen LogP contribution in [0.15, 0.2) is 12.1 Å². The lowest BCUT2D eigenvalue weighted by molar-refractivity contribution is 0.112. The number of ether oxygens (including phenoxy) is 1. The molecule has 0 amide bonds. The molecule has 90 valence electrons. The molecule has 17 heavy (non-hydrogen) atoms. The van der Waals surface area contributed by atoms with Crippen molar-refractivity contribution in [3.05, 3.63) is 29.3 Å². The zero-order valence-corrected chi connectivity index (χ0v) is 9.08. The largest absolute Gasteiger partial charge is 0.488 e. The summed E-state index contributed by atoms with van der Waals surface area (Å²) in [6.07, 6.45) is 1.91. The van der Waals surface area contributed by atoms with Crippen LogP contribution in [0.2, 0.25) is 0 Å². The fourth-order valence-corrected chi connectivity index (χ4v) is 1.27. The van der Waals surface area contributed by atoms with Gasteiger partial charge >= 0.3 is 0 Å². The molecule has 1 aromatic rings. The van der Waals surface area contributed by atoms with Gasteiger partial charge in [-0.05, 0) is 25.0 Å². The van der Waals surface area contributed by atoms with Crippen LogP contribution in [-0.4, -0.2) is 12.9 Å². The van der Waals surface area contributed by atoms with Crippen LogP contribution >= 0.6 is 0 Å². The second kappa shape index (κ2) is 6.59. The van der Waals surface area contributed by atoms with Gasteiger partial charge in [-0.2, -0.15) is 5.26 Å². The fourth-order valence-electron chi connectivity index (χ4n) is 1.27. The summed E-state index contributed by atoms with van der Waals surface area (Å²) in [6, 6.07) is 3.80. The van der Waals surface area contributed by atoms with Crippen LogP contribution in [0.5, 0.6) is 5.75 Å². The fraction of sp³-hybridized carbons (Fsp3) is 0.333. The van der Waals surface area contributed by atoms with Crippen molar-refractivity contribution in [3.63, 3.8) is 0 Å². The Labute approximate surface area is 97.6 Å². The van der Waals surface area contributed by atoms with E-state index >= 15 is 0 Å². The summed E-state index contributed by atoms with van der Waals surface area (Å²) < 4.78 is 31.5. The number of carbonyl (C=O) groups is 1. The average molecular weight is 239 g/mol. The minimum absolute atomic E-state index is 0.0724. The molecule has 0 saturated carbocycles. The Morgan fingerprint density at radius 1 is 1.29 bits per heavy atom. The number of hydrogen-bond donors (Lipinski definition) is 0. The van der Waals surface area contributed by atoms with Crippen LogP contribution in [0.1, 0.15) is 29.6 Å². The number of rotatable bonds is 6. The second-order valence-corrected chi connectivity index (χ2v) is 3.40. The lowest BCUT2D eigenvalue weighted by atomic mass is 10.2. The third-order valence-electron chi connectivity index (χ3n) is 2.09. The lowest BCUT2D eigenvalue weighted by Crippen LogP contribution is -2.02. The van der Waals surface area contributed by atoms with Crippen LogP contribution < -0.4 is 4.74 Å². The van der Waals surface area contributed by atoms with Crippen LogP contribution in [-0.2, 0) is 0 Å². The van der Waals surface area contributed by atoms with Crippen molar-refractivity contribution in [3.8, 4) is 11.8 Å². The summed E-state index contributed by atoms with van der Waals surface area (Å²) in [4.78, 5) is 10.3. The predicted molar refractivity (Wildman–Crippen MR) is 56.7 cm³/mol. The van der Waals surface area contributed by atoms with Gasteiger partial charge in [-0.15, -0.1) is 0 Å². The molecule has 1 rings (SSSR count). The topological polar surface area (TPSA) is 50.1 Å². The van der Waals surface area contributed by atoms with Gasteiger partial charge in [0.2, 0.25) is 0 Å². The molecule has 0 aliphatic rings. The Kier molecular flexibility index (Phi) is 5.08. The standard InChI is InChI=1S/C12H11F2NO2/c13-10-6-9(8-16)7-11(14)12(10)17-5-3-1-2-4-15/h6-8H,1-3,5H2. The van der Waals surface area contributed by atoms with Crippen molar-refractivity contribution >= 4 is 6.29 Å². The third kappa shape index (κ3) is 3.83. The predicted octanol–water partition coefficient (Wildman–Crippen LogP) is 2.85. The van der Waals surface area contributed by atoms with Gasteiger partial charge in [0.1, 0.15) is 6.29 Å². The quantitative estimate of drug-likeness (QED) is 0.566.